The summed E-state index contributed by atoms with van der Waals surface area (Å²) in [6, 6.07) is 9.30. The summed E-state index contributed by atoms with van der Waals surface area (Å²) in [5.41, 5.74) is 0.936. The molecule has 0 aromatic heterocycles. The second-order valence-corrected chi connectivity index (χ2v) is 3.71. The summed E-state index contributed by atoms with van der Waals surface area (Å²) < 4.78 is 5.04. The zero-order valence-electron chi connectivity index (χ0n) is 9.89. The fraction of sp³-hybridized carbons (Fsp3) is 0.385. The smallest absolute Gasteiger partial charge is 0.407 e. The normalized spacial score (nSPS) is 11.6. The van der Waals surface area contributed by atoms with Gasteiger partial charge in [0.2, 0.25) is 0 Å². The number of carbonyl (C=O) groups excluding carboxylic acids is 2. The van der Waals surface area contributed by atoms with Crippen LogP contribution in [0.5, 0.6) is 0 Å². The molecule has 0 aliphatic rings. The molecule has 0 unspecified atom stereocenters. The van der Waals surface area contributed by atoms with Crippen LogP contribution in [0.2, 0.25) is 0 Å². The van der Waals surface area contributed by atoms with E-state index in [1.165, 1.54) is 0 Å². The van der Waals surface area contributed by atoms with Crippen LogP contribution >= 0.6 is 0 Å². The number of amides is 1. The molecule has 0 spiro atoms. The van der Waals surface area contributed by atoms with E-state index in [1.54, 1.807) is 0 Å². The minimum absolute atomic E-state index is 0.143. The molecular formula is C13H17NO3. The number of nitrogens with one attached hydrogen (secondary N) is 1. The summed E-state index contributed by atoms with van der Waals surface area (Å²) in [6.07, 6.45) is 1.34. The average molecular weight is 235 g/mol. The first-order valence-corrected chi connectivity index (χ1v) is 5.67. The SMILES string of the molecule is CC[C@@H](CC=O)NC(=O)OCc1ccccc1. The topological polar surface area (TPSA) is 55.4 Å². The van der Waals surface area contributed by atoms with Crippen molar-refractivity contribution >= 4 is 12.4 Å². The van der Waals surface area contributed by atoms with Crippen molar-refractivity contribution in [2.24, 2.45) is 0 Å². The van der Waals surface area contributed by atoms with Gasteiger partial charge in [0.25, 0.3) is 0 Å². The van der Waals surface area contributed by atoms with Gasteiger partial charge in [-0.15, -0.1) is 0 Å². The lowest BCUT2D eigenvalue weighted by Gasteiger charge is -2.14. The van der Waals surface area contributed by atoms with E-state index in [2.05, 4.69) is 5.32 Å². The third-order valence-corrected chi connectivity index (χ3v) is 2.41. The van der Waals surface area contributed by atoms with Crippen LogP contribution in [-0.2, 0) is 16.1 Å². The summed E-state index contributed by atoms with van der Waals surface area (Å²) in [5.74, 6) is 0. The lowest BCUT2D eigenvalue weighted by molar-refractivity contribution is -0.108. The van der Waals surface area contributed by atoms with Gasteiger partial charge in [0, 0.05) is 12.5 Å². The molecule has 0 aliphatic carbocycles. The number of hydrogen-bond donors (Lipinski definition) is 1. The van der Waals surface area contributed by atoms with E-state index in [4.69, 9.17) is 4.74 Å². The first-order chi connectivity index (χ1) is 8.26. The molecule has 92 valence electrons. The maximum atomic E-state index is 11.4. The summed E-state index contributed by atoms with van der Waals surface area (Å²) in [6.45, 7) is 2.15. The number of carbonyl (C=O) groups is 2. The van der Waals surface area contributed by atoms with Crippen LogP contribution in [-0.4, -0.2) is 18.4 Å². The molecule has 0 radical (unpaired) electrons. The van der Waals surface area contributed by atoms with Crippen molar-refractivity contribution in [2.75, 3.05) is 0 Å². The summed E-state index contributed by atoms with van der Waals surface area (Å²) >= 11 is 0. The molecule has 0 bridgehead atoms. The van der Waals surface area contributed by atoms with Crippen molar-refractivity contribution in [1.82, 2.24) is 5.32 Å². The minimum atomic E-state index is -0.484. The van der Waals surface area contributed by atoms with Gasteiger partial charge < -0.3 is 14.8 Å². The van der Waals surface area contributed by atoms with Gasteiger partial charge in [-0.25, -0.2) is 4.79 Å². The van der Waals surface area contributed by atoms with Crippen molar-refractivity contribution in [3.8, 4) is 0 Å². The Labute approximate surface area is 101 Å². The van der Waals surface area contributed by atoms with Crippen LogP contribution in [0.1, 0.15) is 25.3 Å². The Morgan fingerprint density at radius 1 is 1.41 bits per heavy atom. The first kappa shape index (κ1) is 13.2. The van der Waals surface area contributed by atoms with Crippen molar-refractivity contribution in [3.63, 3.8) is 0 Å². The number of rotatable bonds is 6. The molecule has 4 nitrogen and oxygen atoms in total. The van der Waals surface area contributed by atoms with Gasteiger partial charge >= 0.3 is 6.09 Å². The van der Waals surface area contributed by atoms with Crippen molar-refractivity contribution in [3.05, 3.63) is 35.9 Å². The second kappa shape index (κ2) is 7.44. The lowest BCUT2D eigenvalue weighted by atomic mass is 10.2. The molecule has 1 N–H and O–H groups in total. The Hall–Kier alpha value is -1.84. The van der Waals surface area contributed by atoms with Gasteiger partial charge in [-0.05, 0) is 12.0 Å². The Bertz CT molecular complexity index is 351. The zero-order valence-corrected chi connectivity index (χ0v) is 9.89. The molecular weight excluding hydrogens is 218 g/mol. The van der Waals surface area contributed by atoms with Gasteiger partial charge in [0.15, 0.2) is 0 Å². The molecule has 0 saturated heterocycles. The fourth-order valence-electron chi connectivity index (χ4n) is 1.38. The number of ether oxygens (including phenoxy) is 1. The Morgan fingerprint density at radius 2 is 2.12 bits per heavy atom. The van der Waals surface area contributed by atoms with Gasteiger partial charge in [0.1, 0.15) is 12.9 Å². The maximum Gasteiger partial charge on any atom is 0.407 e. The number of hydrogen-bond acceptors (Lipinski definition) is 3. The van der Waals surface area contributed by atoms with E-state index < -0.39 is 6.09 Å². The van der Waals surface area contributed by atoms with E-state index >= 15 is 0 Å². The molecule has 1 atom stereocenters. The van der Waals surface area contributed by atoms with Crippen molar-refractivity contribution < 1.29 is 14.3 Å². The van der Waals surface area contributed by atoms with Crippen molar-refractivity contribution in [1.29, 1.82) is 0 Å². The van der Waals surface area contributed by atoms with Crippen LogP contribution in [0.3, 0.4) is 0 Å². The van der Waals surface area contributed by atoms with Crippen LogP contribution in [0.25, 0.3) is 0 Å². The second-order valence-electron chi connectivity index (χ2n) is 3.71. The number of aldehydes is 1. The van der Waals surface area contributed by atoms with Crippen LogP contribution in [0, 0.1) is 0 Å². The zero-order chi connectivity index (χ0) is 12.5. The van der Waals surface area contributed by atoms with E-state index in [9.17, 15) is 9.59 Å². The standard InChI is InChI=1S/C13H17NO3/c1-2-12(8-9-15)14-13(16)17-10-11-6-4-3-5-7-11/h3-7,9,12H,2,8,10H2,1H3,(H,14,16)/t12-/m0/s1. The molecule has 1 aromatic carbocycles. The summed E-state index contributed by atoms with van der Waals surface area (Å²) in [7, 11) is 0. The highest BCUT2D eigenvalue weighted by molar-refractivity contribution is 5.68. The van der Waals surface area contributed by atoms with Crippen LogP contribution < -0.4 is 5.32 Å². The first-order valence-electron chi connectivity index (χ1n) is 5.67. The highest BCUT2D eigenvalue weighted by Gasteiger charge is 2.10. The van der Waals surface area contributed by atoms with E-state index in [0.717, 1.165) is 11.8 Å². The van der Waals surface area contributed by atoms with Crippen molar-refractivity contribution in [2.45, 2.75) is 32.4 Å². The van der Waals surface area contributed by atoms with Gasteiger partial charge in [-0.3, -0.25) is 0 Å². The molecule has 0 saturated carbocycles. The third-order valence-electron chi connectivity index (χ3n) is 2.41. The molecule has 1 amide bonds. The highest BCUT2D eigenvalue weighted by atomic mass is 16.5. The molecule has 1 aromatic rings. The van der Waals surface area contributed by atoms with Crippen LogP contribution in [0.15, 0.2) is 30.3 Å². The number of alkyl carbamates (subject to hydrolysis) is 1. The molecule has 0 fully saturated rings. The predicted octanol–water partition coefficient (Wildman–Crippen LogP) is 2.28. The third kappa shape index (κ3) is 5.15. The monoisotopic (exact) mass is 235 g/mol. The predicted molar refractivity (Wildman–Crippen MR) is 64.5 cm³/mol. The molecule has 1 rings (SSSR count). The van der Waals surface area contributed by atoms with E-state index in [-0.39, 0.29) is 12.6 Å². The van der Waals surface area contributed by atoms with Gasteiger partial charge in [-0.1, -0.05) is 37.3 Å². The minimum Gasteiger partial charge on any atom is -0.445 e. The Morgan fingerprint density at radius 3 is 2.71 bits per heavy atom. The Kier molecular flexibility index (Phi) is 5.79. The number of benzene rings is 1. The molecule has 0 aliphatic heterocycles. The molecule has 4 heteroatoms. The lowest BCUT2D eigenvalue weighted by Crippen LogP contribution is -2.34. The summed E-state index contributed by atoms with van der Waals surface area (Å²) in [4.78, 5) is 21.8. The highest BCUT2D eigenvalue weighted by Crippen LogP contribution is 2.01. The van der Waals surface area contributed by atoms with E-state index in [1.807, 2.05) is 37.3 Å². The fourth-order valence-corrected chi connectivity index (χ4v) is 1.38. The maximum absolute atomic E-state index is 11.4. The van der Waals surface area contributed by atoms with E-state index in [0.29, 0.717) is 12.8 Å². The largest absolute Gasteiger partial charge is 0.445 e. The van der Waals surface area contributed by atoms with Crippen LogP contribution in [0.4, 0.5) is 4.79 Å². The molecule has 0 heterocycles. The Balaban J connectivity index is 2.32. The summed E-state index contributed by atoms with van der Waals surface area (Å²) in [5, 5.41) is 2.65. The average Bonchev–Trinajstić information content (AvgIpc) is 2.37. The van der Waals surface area contributed by atoms with Gasteiger partial charge in [0.05, 0.1) is 0 Å². The molecule has 17 heavy (non-hydrogen) atoms. The quantitative estimate of drug-likeness (QED) is 0.769. The van der Waals surface area contributed by atoms with Gasteiger partial charge in [-0.2, -0.15) is 0 Å².